The third-order valence-corrected chi connectivity index (χ3v) is 10.6. The molecule has 0 spiro atoms. The van der Waals surface area contributed by atoms with Gasteiger partial charge in [-0.15, -0.1) is 0 Å². The van der Waals surface area contributed by atoms with Gasteiger partial charge in [-0.1, -0.05) is 194 Å². The van der Waals surface area contributed by atoms with Crippen LogP contribution >= 0.6 is 0 Å². The van der Waals surface area contributed by atoms with E-state index in [0.717, 1.165) is 0 Å². The fraction of sp³-hybridized carbons (Fsp3) is 0. The molecule has 242 valence electrons. The molecule has 0 heterocycles. The fourth-order valence-corrected chi connectivity index (χ4v) is 8.10. The van der Waals surface area contributed by atoms with Crippen LogP contribution in [0.15, 0.2) is 194 Å². The topological polar surface area (TPSA) is 0 Å². The van der Waals surface area contributed by atoms with Gasteiger partial charge in [0, 0.05) is 0 Å². The zero-order chi connectivity index (χ0) is 34.4. The van der Waals surface area contributed by atoms with Crippen molar-refractivity contribution in [1.29, 1.82) is 0 Å². The summed E-state index contributed by atoms with van der Waals surface area (Å²) in [5.74, 6) is 0. The lowest BCUT2D eigenvalue weighted by molar-refractivity contribution is 1.61. The maximum atomic E-state index is 2.32. The minimum absolute atomic E-state index is 1.18. The Morgan fingerprint density at radius 3 is 1.15 bits per heavy atom. The van der Waals surface area contributed by atoms with E-state index in [-0.39, 0.29) is 0 Å². The summed E-state index contributed by atoms with van der Waals surface area (Å²) in [6.07, 6.45) is 4.41. The Hall–Kier alpha value is -6.76. The SMILES string of the molecule is C(=Cc1ccc(-c2c3ccccc3c(-c3c4ccccc4cc4ccccc34)c3ccccc23)cc1)c1ccc(-c2ccc3ccccc3c2)cc1. The molecule has 0 radical (unpaired) electrons. The van der Waals surface area contributed by atoms with E-state index in [0.29, 0.717) is 0 Å². The molecule has 0 fully saturated rings. The third kappa shape index (κ3) is 5.16. The van der Waals surface area contributed by atoms with Gasteiger partial charge in [-0.05, 0) is 111 Å². The van der Waals surface area contributed by atoms with Gasteiger partial charge in [0.05, 0.1) is 0 Å². The Bertz CT molecular complexity index is 2870. The van der Waals surface area contributed by atoms with E-state index in [1.807, 2.05) is 0 Å². The average Bonchev–Trinajstić information content (AvgIpc) is 3.21. The molecular formula is C52H34. The van der Waals surface area contributed by atoms with Crippen molar-refractivity contribution in [2.45, 2.75) is 0 Å². The van der Waals surface area contributed by atoms with Gasteiger partial charge in [0.15, 0.2) is 0 Å². The molecule has 0 aliphatic rings. The highest BCUT2D eigenvalue weighted by Crippen LogP contribution is 2.47. The van der Waals surface area contributed by atoms with Crippen LogP contribution in [0.1, 0.15) is 11.1 Å². The third-order valence-electron chi connectivity index (χ3n) is 10.6. The molecule has 10 rings (SSSR count). The summed E-state index contributed by atoms with van der Waals surface area (Å²) >= 11 is 0. The largest absolute Gasteiger partial charge is 0.0616 e. The molecule has 10 aromatic rings. The molecule has 0 aliphatic carbocycles. The molecule has 0 bridgehead atoms. The van der Waals surface area contributed by atoms with Crippen molar-refractivity contribution in [2.75, 3.05) is 0 Å². The zero-order valence-electron chi connectivity index (χ0n) is 28.6. The standard InChI is InChI=1S/C52H34/c1-2-12-40-33-41(32-31-37(40)11-1)38-27-23-35(24-28-38)21-22-36-25-29-39(30-26-36)50-46-17-7-9-19-48(46)52(49-20-10-8-18-47(49)50)51-44-15-5-3-13-42(44)34-43-14-4-6-16-45(43)51/h1-34H. The van der Waals surface area contributed by atoms with Gasteiger partial charge in [-0.25, -0.2) is 0 Å². The van der Waals surface area contributed by atoms with Gasteiger partial charge in [0.25, 0.3) is 0 Å². The lowest BCUT2D eigenvalue weighted by Crippen LogP contribution is -1.93. The van der Waals surface area contributed by atoms with E-state index in [4.69, 9.17) is 0 Å². The van der Waals surface area contributed by atoms with Crippen molar-refractivity contribution < 1.29 is 0 Å². The Morgan fingerprint density at radius 1 is 0.231 bits per heavy atom. The fourth-order valence-electron chi connectivity index (χ4n) is 8.10. The predicted octanol–water partition coefficient (Wildman–Crippen LogP) is 14.6. The van der Waals surface area contributed by atoms with Crippen molar-refractivity contribution >= 4 is 66.0 Å². The number of rotatable bonds is 5. The number of hydrogen-bond donors (Lipinski definition) is 0. The second-order valence-electron chi connectivity index (χ2n) is 13.7. The molecule has 10 aromatic carbocycles. The van der Waals surface area contributed by atoms with Crippen molar-refractivity contribution in [3.63, 3.8) is 0 Å². The van der Waals surface area contributed by atoms with E-state index in [1.165, 1.54) is 98.4 Å². The molecular weight excluding hydrogens is 625 g/mol. The second kappa shape index (κ2) is 12.5. The summed E-state index contributed by atoms with van der Waals surface area (Å²) < 4.78 is 0. The predicted molar refractivity (Wildman–Crippen MR) is 226 cm³/mol. The van der Waals surface area contributed by atoms with Crippen LogP contribution in [0.2, 0.25) is 0 Å². The van der Waals surface area contributed by atoms with Crippen molar-refractivity contribution in [3.05, 3.63) is 205 Å². The Labute approximate surface area is 303 Å². The van der Waals surface area contributed by atoms with Crippen LogP contribution in [0, 0.1) is 0 Å². The molecule has 0 unspecified atom stereocenters. The molecule has 0 saturated carbocycles. The summed E-state index contributed by atoms with van der Waals surface area (Å²) in [5, 5.41) is 12.7. The number of fused-ring (bicyclic) bond motifs is 5. The summed E-state index contributed by atoms with van der Waals surface area (Å²) in [4.78, 5) is 0. The highest BCUT2D eigenvalue weighted by Gasteiger charge is 2.19. The highest BCUT2D eigenvalue weighted by atomic mass is 14.2. The van der Waals surface area contributed by atoms with Crippen LogP contribution in [0.25, 0.3) is 99.4 Å². The molecule has 0 nitrogen and oxygen atoms in total. The van der Waals surface area contributed by atoms with Gasteiger partial charge in [-0.3, -0.25) is 0 Å². The summed E-state index contributed by atoms with van der Waals surface area (Å²) in [7, 11) is 0. The summed E-state index contributed by atoms with van der Waals surface area (Å²) in [6, 6.07) is 71.0. The maximum absolute atomic E-state index is 2.32. The smallest absolute Gasteiger partial charge is 0.00139 e. The van der Waals surface area contributed by atoms with Crippen molar-refractivity contribution in [3.8, 4) is 33.4 Å². The van der Waals surface area contributed by atoms with Crippen molar-refractivity contribution in [2.24, 2.45) is 0 Å². The van der Waals surface area contributed by atoms with Crippen LogP contribution in [0.3, 0.4) is 0 Å². The van der Waals surface area contributed by atoms with E-state index in [2.05, 4.69) is 206 Å². The van der Waals surface area contributed by atoms with Gasteiger partial charge in [0.1, 0.15) is 0 Å². The lowest BCUT2D eigenvalue weighted by Gasteiger charge is -2.20. The monoisotopic (exact) mass is 658 g/mol. The van der Waals surface area contributed by atoms with E-state index >= 15 is 0 Å². The minimum Gasteiger partial charge on any atom is -0.0616 e. The van der Waals surface area contributed by atoms with Gasteiger partial charge >= 0.3 is 0 Å². The Morgan fingerprint density at radius 2 is 0.615 bits per heavy atom. The van der Waals surface area contributed by atoms with Gasteiger partial charge in [0.2, 0.25) is 0 Å². The number of benzene rings is 10. The minimum atomic E-state index is 1.18. The van der Waals surface area contributed by atoms with E-state index in [9.17, 15) is 0 Å². The molecule has 52 heavy (non-hydrogen) atoms. The molecule has 0 heteroatoms. The molecule has 0 aromatic heterocycles. The van der Waals surface area contributed by atoms with Crippen LogP contribution in [0.4, 0.5) is 0 Å². The number of hydrogen-bond acceptors (Lipinski definition) is 0. The maximum Gasteiger partial charge on any atom is -0.00139 e. The normalized spacial score (nSPS) is 11.8. The molecule has 0 amide bonds. The second-order valence-corrected chi connectivity index (χ2v) is 13.7. The van der Waals surface area contributed by atoms with Crippen LogP contribution in [-0.4, -0.2) is 0 Å². The van der Waals surface area contributed by atoms with E-state index < -0.39 is 0 Å². The Balaban J connectivity index is 1.04. The first-order chi connectivity index (χ1) is 25.8. The molecule has 0 saturated heterocycles. The molecule has 0 atom stereocenters. The summed E-state index contributed by atoms with van der Waals surface area (Å²) in [5.41, 5.74) is 9.93. The first-order valence-electron chi connectivity index (χ1n) is 18.0. The van der Waals surface area contributed by atoms with Gasteiger partial charge in [-0.2, -0.15) is 0 Å². The average molecular weight is 659 g/mol. The van der Waals surface area contributed by atoms with Crippen molar-refractivity contribution in [1.82, 2.24) is 0 Å². The first kappa shape index (κ1) is 30.1. The van der Waals surface area contributed by atoms with Gasteiger partial charge < -0.3 is 0 Å². The van der Waals surface area contributed by atoms with Crippen LogP contribution in [-0.2, 0) is 0 Å². The highest BCUT2D eigenvalue weighted by molar-refractivity contribution is 6.27. The molecule has 0 aliphatic heterocycles. The van der Waals surface area contributed by atoms with Crippen LogP contribution in [0.5, 0.6) is 0 Å². The van der Waals surface area contributed by atoms with Crippen LogP contribution < -0.4 is 0 Å². The zero-order valence-corrected chi connectivity index (χ0v) is 28.6. The first-order valence-corrected chi connectivity index (χ1v) is 18.0. The Kier molecular flexibility index (Phi) is 7.25. The lowest BCUT2D eigenvalue weighted by atomic mass is 9.83. The summed E-state index contributed by atoms with van der Waals surface area (Å²) in [6.45, 7) is 0. The quantitative estimate of drug-likeness (QED) is 0.128. The molecule has 0 N–H and O–H groups in total. The van der Waals surface area contributed by atoms with E-state index in [1.54, 1.807) is 0 Å².